The van der Waals surface area contributed by atoms with E-state index in [1.807, 2.05) is 18.2 Å². The van der Waals surface area contributed by atoms with Crippen molar-refractivity contribution < 1.29 is 9.50 Å². The van der Waals surface area contributed by atoms with E-state index in [1.165, 1.54) is 17.7 Å². The van der Waals surface area contributed by atoms with Crippen molar-refractivity contribution >= 4 is 0 Å². The van der Waals surface area contributed by atoms with Gasteiger partial charge in [0.25, 0.3) is 0 Å². The zero-order chi connectivity index (χ0) is 14.0. The molecule has 0 radical (unpaired) electrons. The van der Waals surface area contributed by atoms with E-state index in [1.54, 1.807) is 12.1 Å². The fourth-order valence-corrected chi connectivity index (χ4v) is 2.86. The lowest BCUT2D eigenvalue weighted by atomic mass is 9.93. The van der Waals surface area contributed by atoms with Gasteiger partial charge in [0.15, 0.2) is 0 Å². The molecule has 3 rings (SSSR count). The SMILES string of the molecule is OC1(c2cccc(F)c2)CCN(Cc2ccccc2)C1. The number of halogens is 1. The smallest absolute Gasteiger partial charge is 0.123 e. The van der Waals surface area contributed by atoms with Crippen LogP contribution in [0.15, 0.2) is 54.6 Å². The average Bonchev–Trinajstić information content (AvgIpc) is 2.83. The van der Waals surface area contributed by atoms with Gasteiger partial charge in [-0.3, -0.25) is 4.90 Å². The van der Waals surface area contributed by atoms with Gasteiger partial charge < -0.3 is 5.11 Å². The summed E-state index contributed by atoms with van der Waals surface area (Å²) in [4.78, 5) is 2.21. The van der Waals surface area contributed by atoms with E-state index in [0.29, 0.717) is 18.5 Å². The molecule has 0 spiro atoms. The van der Waals surface area contributed by atoms with Gasteiger partial charge in [-0.15, -0.1) is 0 Å². The van der Waals surface area contributed by atoms with Crippen LogP contribution < -0.4 is 0 Å². The van der Waals surface area contributed by atoms with Crippen molar-refractivity contribution in [3.63, 3.8) is 0 Å². The lowest BCUT2D eigenvalue weighted by Gasteiger charge is -2.24. The van der Waals surface area contributed by atoms with Gasteiger partial charge in [0, 0.05) is 19.6 Å². The van der Waals surface area contributed by atoms with Crippen LogP contribution >= 0.6 is 0 Å². The molecule has 0 amide bonds. The van der Waals surface area contributed by atoms with Crippen molar-refractivity contribution in [1.82, 2.24) is 4.90 Å². The molecule has 1 saturated heterocycles. The molecule has 3 heteroatoms. The number of nitrogens with zero attached hydrogens (tertiary/aromatic N) is 1. The third-order valence-corrected chi connectivity index (χ3v) is 3.94. The van der Waals surface area contributed by atoms with Gasteiger partial charge in [-0.25, -0.2) is 4.39 Å². The largest absolute Gasteiger partial charge is 0.384 e. The van der Waals surface area contributed by atoms with E-state index in [0.717, 1.165) is 13.1 Å². The lowest BCUT2D eigenvalue weighted by molar-refractivity contribution is 0.0450. The highest BCUT2D eigenvalue weighted by molar-refractivity contribution is 5.25. The Morgan fingerprint density at radius 3 is 2.65 bits per heavy atom. The first kappa shape index (κ1) is 13.3. The Balaban J connectivity index is 1.72. The van der Waals surface area contributed by atoms with Crippen molar-refractivity contribution in [2.24, 2.45) is 0 Å². The van der Waals surface area contributed by atoms with Crippen molar-refractivity contribution in [3.05, 3.63) is 71.5 Å². The van der Waals surface area contributed by atoms with E-state index in [2.05, 4.69) is 17.0 Å². The van der Waals surface area contributed by atoms with Crippen molar-refractivity contribution in [2.75, 3.05) is 13.1 Å². The number of likely N-dealkylation sites (tertiary alicyclic amines) is 1. The fraction of sp³-hybridized carbons (Fsp3) is 0.294. The molecule has 1 aliphatic rings. The summed E-state index contributed by atoms with van der Waals surface area (Å²) in [6.45, 7) is 2.19. The van der Waals surface area contributed by atoms with E-state index < -0.39 is 5.60 Å². The van der Waals surface area contributed by atoms with Crippen LogP contribution in [0.2, 0.25) is 0 Å². The second-order valence-electron chi connectivity index (χ2n) is 5.49. The standard InChI is InChI=1S/C17H18FNO/c18-16-8-4-7-15(11-16)17(20)9-10-19(13-17)12-14-5-2-1-3-6-14/h1-8,11,20H,9-10,12-13H2. The van der Waals surface area contributed by atoms with Gasteiger partial charge >= 0.3 is 0 Å². The predicted molar refractivity (Wildman–Crippen MR) is 76.6 cm³/mol. The number of hydrogen-bond donors (Lipinski definition) is 1. The van der Waals surface area contributed by atoms with Gasteiger partial charge in [0.2, 0.25) is 0 Å². The molecule has 0 aliphatic carbocycles. The fourth-order valence-electron chi connectivity index (χ4n) is 2.86. The molecule has 1 atom stereocenters. The summed E-state index contributed by atoms with van der Waals surface area (Å²) >= 11 is 0. The van der Waals surface area contributed by atoms with Crippen molar-refractivity contribution in [2.45, 2.75) is 18.6 Å². The van der Waals surface area contributed by atoms with E-state index in [4.69, 9.17) is 0 Å². The molecule has 104 valence electrons. The normalized spacial score (nSPS) is 23.1. The number of aliphatic hydroxyl groups is 1. The number of β-amino-alcohol motifs (C(OH)–C–C–N with tert-alkyl or cyclic N) is 1. The first-order valence-corrected chi connectivity index (χ1v) is 6.90. The van der Waals surface area contributed by atoms with E-state index in [-0.39, 0.29) is 5.82 Å². The maximum atomic E-state index is 13.3. The molecule has 0 saturated carbocycles. The molecule has 1 unspecified atom stereocenters. The minimum atomic E-state index is -0.934. The summed E-state index contributed by atoms with van der Waals surface area (Å²) in [6, 6.07) is 16.5. The Bertz CT molecular complexity index is 587. The number of benzene rings is 2. The Hall–Kier alpha value is -1.71. The molecular weight excluding hydrogens is 253 g/mol. The molecule has 0 bridgehead atoms. The quantitative estimate of drug-likeness (QED) is 0.928. The Morgan fingerprint density at radius 2 is 1.90 bits per heavy atom. The summed E-state index contributed by atoms with van der Waals surface area (Å²) in [6.07, 6.45) is 0.642. The second kappa shape index (κ2) is 5.35. The Kier molecular flexibility index (Phi) is 3.55. The van der Waals surface area contributed by atoms with E-state index >= 15 is 0 Å². The molecule has 2 aromatic rings. The summed E-state index contributed by atoms with van der Waals surface area (Å²) in [5.74, 6) is -0.294. The predicted octanol–water partition coefficient (Wildman–Crippen LogP) is 2.92. The summed E-state index contributed by atoms with van der Waals surface area (Å²) in [5.41, 5.74) is 0.973. The molecule has 20 heavy (non-hydrogen) atoms. The van der Waals surface area contributed by atoms with Crippen LogP contribution in [0.3, 0.4) is 0 Å². The van der Waals surface area contributed by atoms with Gasteiger partial charge in [0.05, 0.1) is 0 Å². The molecule has 1 N–H and O–H groups in total. The van der Waals surface area contributed by atoms with Crippen LogP contribution in [-0.2, 0) is 12.1 Å². The van der Waals surface area contributed by atoms with Crippen molar-refractivity contribution in [1.29, 1.82) is 0 Å². The van der Waals surface area contributed by atoms with Gasteiger partial charge in [-0.1, -0.05) is 42.5 Å². The van der Waals surface area contributed by atoms with Crippen molar-refractivity contribution in [3.8, 4) is 0 Å². The first-order valence-electron chi connectivity index (χ1n) is 6.90. The number of hydrogen-bond acceptors (Lipinski definition) is 2. The summed E-state index contributed by atoms with van der Waals surface area (Å²) in [5, 5.41) is 10.7. The summed E-state index contributed by atoms with van der Waals surface area (Å²) in [7, 11) is 0. The topological polar surface area (TPSA) is 23.5 Å². The van der Waals surface area contributed by atoms with Crippen LogP contribution in [0.1, 0.15) is 17.5 Å². The highest BCUT2D eigenvalue weighted by Gasteiger charge is 2.37. The molecule has 1 fully saturated rings. The highest BCUT2D eigenvalue weighted by atomic mass is 19.1. The van der Waals surface area contributed by atoms with Crippen LogP contribution in [-0.4, -0.2) is 23.1 Å². The zero-order valence-corrected chi connectivity index (χ0v) is 11.3. The maximum Gasteiger partial charge on any atom is 0.123 e. The highest BCUT2D eigenvalue weighted by Crippen LogP contribution is 2.32. The third kappa shape index (κ3) is 2.74. The molecule has 2 aromatic carbocycles. The Labute approximate surface area is 118 Å². The van der Waals surface area contributed by atoms with Crippen LogP contribution in [0, 0.1) is 5.82 Å². The minimum absolute atomic E-state index is 0.294. The Morgan fingerprint density at radius 1 is 1.10 bits per heavy atom. The second-order valence-corrected chi connectivity index (χ2v) is 5.49. The lowest BCUT2D eigenvalue weighted by Crippen LogP contribution is -2.30. The molecule has 1 heterocycles. The first-order chi connectivity index (χ1) is 9.66. The summed E-state index contributed by atoms with van der Waals surface area (Å²) < 4.78 is 13.3. The minimum Gasteiger partial charge on any atom is -0.384 e. The third-order valence-electron chi connectivity index (χ3n) is 3.94. The maximum absolute atomic E-state index is 13.3. The molecular formula is C17H18FNO. The van der Waals surface area contributed by atoms with E-state index in [9.17, 15) is 9.50 Å². The zero-order valence-electron chi connectivity index (χ0n) is 11.3. The van der Waals surface area contributed by atoms with Crippen LogP contribution in [0.4, 0.5) is 4.39 Å². The van der Waals surface area contributed by atoms with Crippen LogP contribution in [0.5, 0.6) is 0 Å². The van der Waals surface area contributed by atoms with Crippen LogP contribution in [0.25, 0.3) is 0 Å². The molecule has 0 aromatic heterocycles. The van der Waals surface area contributed by atoms with Gasteiger partial charge in [0.1, 0.15) is 11.4 Å². The molecule has 2 nitrogen and oxygen atoms in total. The monoisotopic (exact) mass is 271 g/mol. The van der Waals surface area contributed by atoms with Gasteiger partial charge in [-0.2, -0.15) is 0 Å². The van der Waals surface area contributed by atoms with Gasteiger partial charge in [-0.05, 0) is 29.7 Å². The average molecular weight is 271 g/mol. The molecule has 1 aliphatic heterocycles. The number of rotatable bonds is 3.